The zero-order chi connectivity index (χ0) is 13.9. The number of morpholine rings is 1. The van der Waals surface area contributed by atoms with Crippen LogP contribution in [0.15, 0.2) is 24.3 Å². The highest BCUT2D eigenvalue weighted by Gasteiger charge is 2.36. The van der Waals surface area contributed by atoms with Crippen LogP contribution in [0.2, 0.25) is 0 Å². The molecule has 0 saturated carbocycles. The first kappa shape index (κ1) is 14.4. The Balaban J connectivity index is 2.22. The molecule has 1 fully saturated rings. The second-order valence-electron chi connectivity index (χ2n) is 5.68. The summed E-state index contributed by atoms with van der Waals surface area (Å²) >= 11 is 0. The monoisotopic (exact) mass is 263 g/mol. The quantitative estimate of drug-likeness (QED) is 0.905. The summed E-state index contributed by atoms with van der Waals surface area (Å²) in [5.74, 6) is 1.41. The van der Waals surface area contributed by atoms with Crippen molar-refractivity contribution in [2.45, 2.75) is 39.4 Å². The summed E-state index contributed by atoms with van der Waals surface area (Å²) in [6.45, 7) is 11.0. The van der Waals surface area contributed by atoms with Gasteiger partial charge >= 0.3 is 0 Å². The summed E-state index contributed by atoms with van der Waals surface area (Å²) in [5, 5.41) is 3.49. The Labute approximate surface area is 116 Å². The van der Waals surface area contributed by atoms with Crippen molar-refractivity contribution in [1.29, 1.82) is 0 Å². The van der Waals surface area contributed by atoms with Crippen molar-refractivity contribution in [3.8, 4) is 5.75 Å². The van der Waals surface area contributed by atoms with E-state index in [-0.39, 0.29) is 11.7 Å². The Morgan fingerprint density at radius 2 is 2.16 bits per heavy atom. The van der Waals surface area contributed by atoms with Gasteiger partial charge in [-0.2, -0.15) is 0 Å². The normalized spacial score (nSPS) is 27.5. The molecule has 1 N–H and O–H groups in total. The van der Waals surface area contributed by atoms with Gasteiger partial charge in [0.25, 0.3) is 0 Å². The number of rotatable bonds is 4. The molecule has 1 aromatic rings. The van der Waals surface area contributed by atoms with Crippen molar-refractivity contribution in [2.24, 2.45) is 5.92 Å². The summed E-state index contributed by atoms with van der Waals surface area (Å²) in [5.41, 5.74) is 1.02. The van der Waals surface area contributed by atoms with Gasteiger partial charge in [-0.1, -0.05) is 32.0 Å². The fourth-order valence-corrected chi connectivity index (χ4v) is 2.41. The lowest BCUT2D eigenvalue weighted by atomic mass is 9.89. The van der Waals surface area contributed by atoms with Gasteiger partial charge in [0.2, 0.25) is 0 Å². The van der Waals surface area contributed by atoms with E-state index < -0.39 is 0 Å². The van der Waals surface area contributed by atoms with E-state index in [0.29, 0.717) is 12.5 Å². The molecule has 0 amide bonds. The van der Waals surface area contributed by atoms with Crippen LogP contribution in [0.1, 0.15) is 39.4 Å². The summed E-state index contributed by atoms with van der Waals surface area (Å²) in [4.78, 5) is 0. The minimum absolute atomic E-state index is 0.0592. The van der Waals surface area contributed by atoms with Crippen LogP contribution < -0.4 is 10.1 Å². The van der Waals surface area contributed by atoms with E-state index >= 15 is 0 Å². The molecule has 106 valence electrons. The van der Waals surface area contributed by atoms with Crippen molar-refractivity contribution in [1.82, 2.24) is 5.32 Å². The van der Waals surface area contributed by atoms with E-state index in [1.807, 2.05) is 25.1 Å². The second kappa shape index (κ2) is 5.93. The van der Waals surface area contributed by atoms with E-state index in [2.05, 4.69) is 32.2 Å². The Hall–Kier alpha value is -1.06. The fraction of sp³-hybridized carbons (Fsp3) is 0.625. The van der Waals surface area contributed by atoms with E-state index in [9.17, 15) is 0 Å². The molecule has 2 atom stereocenters. The van der Waals surface area contributed by atoms with Crippen LogP contribution in [0.25, 0.3) is 0 Å². The third kappa shape index (κ3) is 3.10. The van der Waals surface area contributed by atoms with E-state index in [1.165, 1.54) is 0 Å². The van der Waals surface area contributed by atoms with Crippen molar-refractivity contribution >= 4 is 0 Å². The van der Waals surface area contributed by atoms with Crippen LogP contribution in [-0.2, 0) is 4.74 Å². The Bertz CT molecular complexity index is 419. The number of benzene rings is 1. The molecule has 2 unspecified atom stereocenters. The van der Waals surface area contributed by atoms with Gasteiger partial charge in [-0.15, -0.1) is 0 Å². The molecule has 0 spiro atoms. The lowest BCUT2D eigenvalue weighted by Gasteiger charge is -2.42. The molecule has 1 aliphatic heterocycles. The maximum atomic E-state index is 6.37. The maximum Gasteiger partial charge on any atom is 0.125 e. The molecule has 19 heavy (non-hydrogen) atoms. The fourth-order valence-electron chi connectivity index (χ4n) is 2.41. The maximum absolute atomic E-state index is 6.37. The predicted molar refractivity (Wildman–Crippen MR) is 77.5 cm³/mol. The number of ether oxygens (including phenoxy) is 2. The number of hydrogen-bond acceptors (Lipinski definition) is 3. The SMILES string of the molecule is CCOc1ccccc1C1CNCC(C)(C(C)C)O1. The topological polar surface area (TPSA) is 30.5 Å². The summed E-state index contributed by atoms with van der Waals surface area (Å²) in [6, 6.07) is 8.17. The van der Waals surface area contributed by atoms with Crippen LogP contribution >= 0.6 is 0 Å². The highest BCUT2D eigenvalue weighted by atomic mass is 16.5. The molecule has 0 bridgehead atoms. The molecule has 2 rings (SSSR count). The van der Waals surface area contributed by atoms with Crippen LogP contribution in [0.5, 0.6) is 5.75 Å². The van der Waals surface area contributed by atoms with E-state index in [1.54, 1.807) is 0 Å². The number of nitrogens with one attached hydrogen (secondary N) is 1. The minimum atomic E-state index is -0.123. The van der Waals surface area contributed by atoms with Crippen molar-refractivity contribution in [3.63, 3.8) is 0 Å². The van der Waals surface area contributed by atoms with Gasteiger partial charge in [0.1, 0.15) is 5.75 Å². The van der Waals surface area contributed by atoms with Crippen LogP contribution in [-0.4, -0.2) is 25.3 Å². The average Bonchev–Trinajstić information content (AvgIpc) is 2.40. The third-order valence-corrected chi connectivity index (χ3v) is 4.00. The Kier molecular flexibility index (Phi) is 4.48. The predicted octanol–water partition coefficient (Wildman–Crippen LogP) is 3.16. The molecule has 3 heteroatoms. The van der Waals surface area contributed by atoms with Crippen molar-refractivity contribution < 1.29 is 9.47 Å². The molecule has 1 heterocycles. The summed E-state index contributed by atoms with van der Waals surface area (Å²) in [6.07, 6.45) is 0.0592. The highest BCUT2D eigenvalue weighted by Crippen LogP contribution is 2.35. The molecule has 1 aliphatic rings. The molecular formula is C16H25NO2. The van der Waals surface area contributed by atoms with Gasteiger partial charge in [-0.05, 0) is 25.8 Å². The summed E-state index contributed by atoms with van der Waals surface area (Å²) in [7, 11) is 0. The molecular weight excluding hydrogens is 238 g/mol. The van der Waals surface area contributed by atoms with Crippen LogP contribution in [0.3, 0.4) is 0 Å². The van der Waals surface area contributed by atoms with Gasteiger partial charge in [-0.3, -0.25) is 0 Å². The largest absolute Gasteiger partial charge is 0.493 e. The third-order valence-electron chi connectivity index (χ3n) is 4.00. The van der Waals surface area contributed by atoms with Crippen molar-refractivity contribution in [3.05, 3.63) is 29.8 Å². The van der Waals surface area contributed by atoms with Crippen molar-refractivity contribution in [2.75, 3.05) is 19.7 Å². The molecule has 0 radical (unpaired) electrons. The van der Waals surface area contributed by atoms with Gasteiger partial charge in [0.15, 0.2) is 0 Å². The highest BCUT2D eigenvalue weighted by molar-refractivity contribution is 5.35. The molecule has 3 nitrogen and oxygen atoms in total. The molecule has 1 aromatic carbocycles. The van der Waals surface area contributed by atoms with Gasteiger partial charge in [0.05, 0.1) is 18.3 Å². The average molecular weight is 263 g/mol. The molecule has 1 saturated heterocycles. The van der Waals surface area contributed by atoms with E-state index in [0.717, 1.165) is 24.4 Å². The zero-order valence-electron chi connectivity index (χ0n) is 12.4. The number of hydrogen-bond donors (Lipinski definition) is 1. The van der Waals surface area contributed by atoms with Crippen LogP contribution in [0, 0.1) is 5.92 Å². The first-order chi connectivity index (χ1) is 9.07. The lowest BCUT2D eigenvalue weighted by molar-refractivity contribution is -0.132. The van der Waals surface area contributed by atoms with Crippen LogP contribution in [0.4, 0.5) is 0 Å². The van der Waals surface area contributed by atoms with Gasteiger partial charge in [-0.25, -0.2) is 0 Å². The first-order valence-electron chi connectivity index (χ1n) is 7.17. The minimum Gasteiger partial charge on any atom is -0.493 e. The first-order valence-corrected chi connectivity index (χ1v) is 7.17. The van der Waals surface area contributed by atoms with Gasteiger partial charge < -0.3 is 14.8 Å². The van der Waals surface area contributed by atoms with E-state index in [4.69, 9.17) is 9.47 Å². The molecule has 0 aromatic heterocycles. The Morgan fingerprint density at radius 1 is 1.42 bits per heavy atom. The summed E-state index contributed by atoms with van der Waals surface area (Å²) < 4.78 is 12.1. The Morgan fingerprint density at radius 3 is 2.84 bits per heavy atom. The lowest BCUT2D eigenvalue weighted by Crippen LogP contribution is -2.52. The standard InChI is InChI=1S/C16H25NO2/c1-5-18-14-9-7-6-8-13(14)15-10-17-11-16(4,19-15)12(2)3/h6-9,12,15,17H,5,10-11H2,1-4H3. The molecule has 0 aliphatic carbocycles. The zero-order valence-corrected chi connectivity index (χ0v) is 12.4. The number of para-hydroxylation sites is 1. The smallest absolute Gasteiger partial charge is 0.125 e. The van der Waals surface area contributed by atoms with Gasteiger partial charge in [0, 0.05) is 18.7 Å². The second-order valence-corrected chi connectivity index (χ2v) is 5.68.